The van der Waals surface area contributed by atoms with E-state index in [1.807, 2.05) is 6.07 Å². The molecule has 0 spiro atoms. The Bertz CT molecular complexity index is 588. The van der Waals surface area contributed by atoms with Crippen molar-refractivity contribution in [3.63, 3.8) is 0 Å². The van der Waals surface area contributed by atoms with Gasteiger partial charge in [0.25, 0.3) is 0 Å². The van der Waals surface area contributed by atoms with E-state index in [0.29, 0.717) is 11.5 Å². The summed E-state index contributed by atoms with van der Waals surface area (Å²) in [6, 6.07) is 10.6. The monoisotopic (exact) mass is 308 g/mol. The molecule has 5 heteroatoms. The highest BCUT2D eigenvalue weighted by molar-refractivity contribution is 7.91. The fraction of sp³-hybridized carbons (Fsp3) is 0.625. The molecule has 2 aliphatic heterocycles. The second-order valence-corrected chi connectivity index (χ2v) is 8.73. The van der Waals surface area contributed by atoms with E-state index >= 15 is 0 Å². The predicted molar refractivity (Wildman–Crippen MR) is 85.0 cm³/mol. The van der Waals surface area contributed by atoms with E-state index in [1.54, 1.807) is 0 Å². The van der Waals surface area contributed by atoms with Gasteiger partial charge in [0.1, 0.15) is 0 Å². The summed E-state index contributed by atoms with van der Waals surface area (Å²) in [6.07, 6.45) is 1.81. The fourth-order valence-corrected chi connectivity index (χ4v) is 5.35. The molecule has 0 aliphatic carbocycles. The molecule has 2 unspecified atom stereocenters. The Hall–Kier alpha value is -0.910. The first kappa shape index (κ1) is 15.0. The molecule has 4 nitrogen and oxygen atoms in total. The minimum atomic E-state index is -2.85. The average Bonchev–Trinajstić information content (AvgIpc) is 2.47. The maximum absolute atomic E-state index is 11.9. The summed E-state index contributed by atoms with van der Waals surface area (Å²) >= 11 is 0. The Balaban J connectivity index is 1.77. The molecule has 0 bridgehead atoms. The van der Waals surface area contributed by atoms with Gasteiger partial charge in [-0.2, -0.15) is 0 Å². The summed E-state index contributed by atoms with van der Waals surface area (Å²) in [6.45, 7) is 4.92. The van der Waals surface area contributed by atoms with E-state index < -0.39 is 9.84 Å². The minimum Gasteiger partial charge on any atom is -0.305 e. The zero-order valence-electron chi connectivity index (χ0n) is 12.6. The normalized spacial score (nSPS) is 33.7. The first-order valence-electron chi connectivity index (χ1n) is 7.74. The van der Waals surface area contributed by atoms with Crippen LogP contribution in [0.4, 0.5) is 0 Å². The predicted octanol–water partition coefficient (Wildman–Crippen LogP) is 1.38. The lowest BCUT2D eigenvalue weighted by molar-refractivity contribution is 0.101. The van der Waals surface area contributed by atoms with Crippen molar-refractivity contribution in [1.29, 1.82) is 0 Å². The maximum Gasteiger partial charge on any atom is 0.151 e. The van der Waals surface area contributed by atoms with Gasteiger partial charge < -0.3 is 5.32 Å². The van der Waals surface area contributed by atoms with Gasteiger partial charge in [0.15, 0.2) is 9.84 Å². The summed E-state index contributed by atoms with van der Waals surface area (Å²) < 4.78 is 23.8. The van der Waals surface area contributed by atoms with E-state index in [-0.39, 0.29) is 11.6 Å². The van der Waals surface area contributed by atoms with Crippen LogP contribution in [0.1, 0.15) is 25.3 Å². The van der Waals surface area contributed by atoms with Gasteiger partial charge in [0.05, 0.1) is 17.0 Å². The highest BCUT2D eigenvalue weighted by Gasteiger charge is 2.37. The van der Waals surface area contributed by atoms with Gasteiger partial charge >= 0.3 is 0 Å². The quantitative estimate of drug-likeness (QED) is 0.897. The summed E-state index contributed by atoms with van der Waals surface area (Å²) in [4.78, 5) is 2.38. The number of sulfone groups is 1. The van der Waals surface area contributed by atoms with Crippen LogP contribution in [0.15, 0.2) is 30.3 Å². The molecule has 0 amide bonds. The zero-order chi connectivity index (χ0) is 14.9. The first-order valence-corrected chi connectivity index (χ1v) is 9.56. The van der Waals surface area contributed by atoms with Crippen molar-refractivity contribution in [1.82, 2.24) is 10.2 Å². The Morgan fingerprint density at radius 1 is 1.29 bits per heavy atom. The zero-order valence-corrected chi connectivity index (χ0v) is 13.4. The fourth-order valence-electron chi connectivity index (χ4n) is 3.61. The number of hydrogen-bond donors (Lipinski definition) is 1. The third kappa shape index (κ3) is 3.30. The molecule has 3 rings (SSSR count). The van der Waals surface area contributed by atoms with Crippen LogP contribution in [0.2, 0.25) is 0 Å². The molecule has 1 aromatic rings. The van der Waals surface area contributed by atoms with Gasteiger partial charge in [-0.3, -0.25) is 4.90 Å². The van der Waals surface area contributed by atoms with Crippen LogP contribution < -0.4 is 5.32 Å². The van der Waals surface area contributed by atoms with Gasteiger partial charge in [-0.05, 0) is 25.3 Å². The van der Waals surface area contributed by atoms with Crippen molar-refractivity contribution < 1.29 is 8.42 Å². The number of nitrogens with zero attached hydrogens (tertiary/aromatic N) is 1. The average molecular weight is 308 g/mol. The van der Waals surface area contributed by atoms with Gasteiger partial charge in [-0.25, -0.2) is 8.42 Å². The lowest BCUT2D eigenvalue weighted by atomic mass is 9.89. The van der Waals surface area contributed by atoms with Crippen molar-refractivity contribution in [2.24, 2.45) is 0 Å². The summed E-state index contributed by atoms with van der Waals surface area (Å²) in [5, 5.41) is 3.61. The van der Waals surface area contributed by atoms with Crippen molar-refractivity contribution in [2.45, 2.75) is 31.3 Å². The Morgan fingerprint density at radius 3 is 2.76 bits per heavy atom. The summed E-state index contributed by atoms with van der Waals surface area (Å²) in [5.74, 6) is 0.698. The maximum atomic E-state index is 11.9. The molecule has 2 aliphatic rings. The highest BCUT2D eigenvalue weighted by Crippen LogP contribution is 2.27. The smallest absolute Gasteiger partial charge is 0.151 e. The second kappa shape index (κ2) is 5.71. The highest BCUT2D eigenvalue weighted by atomic mass is 32.2. The van der Waals surface area contributed by atoms with Gasteiger partial charge in [0.2, 0.25) is 0 Å². The van der Waals surface area contributed by atoms with Gasteiger partial charge in [-0.15, -0.1) is 0 Å². The van der Waals surface area contributed by atoms with Crippen LogP contribution in [0, 0.1) is 0 Å². The molecule has 0 aromatic heterocycles. The summed E-state index contributed by atoms with van der Waals surface area (Å²) in [5.41, 5.74) is 1.18. The molecule has 2 atom stereocenters. The van der Waals surface area contributed by atoms with Crippen molar-refractivity contribution in [2.75, 3.05) is 31.1 Å². The molecule has 0 radical (unpaired) electrons. The van der Waals surface area contributed by atoms with Crippen LogP contribution >= 0.6 is 0 Å². The SMILES string of the molecule is CC1(c2ccccc2)CN(C2CCCS(=O)(=O)C2)CCN1. The molecular formula is C16H24N2O2S. The Labute approximate surface area is 127 Å². The van der Waals surface area contributed by atoms with Crippen molar-refractivity contribution in [3.05, 3.63) is 35.9 Å². The molecule has 2 heterocycles. The van der Waals surface area contributed by atoms with Crippen LogP contribution in [0.5, 0.6) is 0 Å². The van der Waals surface area contributed by atoms with E-state index in [0.717, 1.165) is 32.5 Å². The molecule has 1 N–H and O–H groups in total. The molecule has 2 fully saturated rings. The molecule has 2 saturated heterocycles. The third-order valence-corrected chi connectivity index (χ3v) is 6.60. The number of benzene rings is 1. The van der Waals surface area contributed by atoms with Crippen molar-refractivity contribution >= 4 is 9.84 Å². The molecular weight excluding hydrogens is 284 g/mol. The first-order chi connectivity index (χ1) is 9.99. The van der Waals surface area contributed by atoms with Crippen LogP contribution in [0.25, 0.3) is 0 Å². The van der Waals surface area contributed by atoms with E-state index in [9.17, 15) is 8.42 Å². The topological polar surface area (TPSA) is 49.4 Å². The molecule has 21 heavy (non-hydrogen) atoms. The van der Waals surface area contributed by atoms with Gasteiger partial charge in [-0.1, -0.05) is 30.3 Å². The van der Waals surface area contributed by atoms with E-state index in [2.05, 4.69) is 41.4 Å². The number of nitrogens with one attached hydrogen (secondary N) is 1. The Kier molecular flexibility index (Phi) is 4.08. The van der Waals surface area contributed by atoms with Crippen LogP contribution in [-0.2, 0) is 15.4 Å². The minimum absolute atomic E-state index is 0.0965. The van der Waals surface area contributed by atoms with Gasteiger partial charge in [0, 0.05) is 25.7 Å². The standard InChI is InChI=1S/C16H24N2O2S/c1-16(14-6-3-2-4-7-14)13-18(10-9-17-16)15-8-5-11-21(19,20)12-15/h2-4,6-7,15,17H,5,8-13H2,1H3. The lowest BCUT2D eigenvalue weighted by Gasteiger charge is -2.45. The molecule has 116 valence electrons. The largest absolute Gasteiger partial charge is 0.305 e. The Morgan fingerprint density at radius 2 is 2.05 bits per heavy atom. The second-order valence-electron chi connectivity index (χ2n) is 6.51. The van der Waals surface area contributed by atoms with Crippen LogP contribution in [-0.4, -0.2) is 50.5 Å². The van der Waals surface area contributed by atoms with Crippen LogP contribution in [0.3, 0.4) is 0 Å². The van der Waals surface area contributed by atoms with E-state index in [4.69, 9.17) is 0 Å². The molecule has 0 saturated carbocycles. The van der Waals surface area contributed by atoms with E-state index in [1.165, 1.54) is 5.56 Å². The third-order valence-electron chi connectivity index (χ3n) is 4.80. The number of piperazine rings is 1. The molecule has 1 aromatic carbocycles. The lowest BCUT2D eigenvalue weighted by Crippen LogP contribution is -2.60. The van der Waals surface area contributed by atoms with Crippen molar-refractivity contribution in [3.8, 4) is 0 Å². The summed E-state index contributed by atoms with van der Waals surface area (Å²) in [7, 11) is -2.85. The number of rotatable bonds is 2. The number of hydrogen-bond acceptors (Lipinski definition) is 4.